The Kier molecular flexibility index (Phi) is 5.28. The number of carbonyl (C=O) groups is 2. The second-order valence-electron chi connectivity index (χ2n) is 5.40. The lowest BCUT2D eigenvalue weighted by Gasteiger charge is -2.14. The van der Waals surface area contributed by atoms with Crippen molar-refractivity contribution in [1.29, 1.82) is 0 Å². The molecule has 1 unspecified atom stereocenters. The Morgan fingerprint density at radius 3 is 2.48 bits per heavy atom. The average Bonchev–Trinajstić information content (AvgIpc) is 3.32. The summed E-state index contributed by atoms with van der Waals surface area (Å²) in [4.78, 5) is 25.6. The third kappa shape index (κ3) is 3.96. The Bertz CT molecular complexity index is 887. The lowest BCUT2D eigenvalue weighted by Crippen LogP contribution is -2.25. The highest BCUT2D eigenvalue weighted by Gasteiger charge is 2.16. The van der Waals surface area contributed by atoms with Crippen molar-refractivity contribution in [2.45, 2.75) is 13.0 Å². The first kappa shape index (κ1) is 17.3. The van der Waals surface area contributed by atoms with Gasteiger partial charge >= 0.3 is 0 Å². The van der Waals surface area contributed by atoms with Crippen LogP contribution in [0.5, 0.6) is 0 Å². The molecule has 0 saturated heterocycles. The number of hydrogen-bond acceptors (Lipinski definition) is 5. The van der Waals surface area contributed by atoms with E-state index in [1.54, 1.807) is 22.9 Å². The lowest BCUT2D eigenvalue weighted by atomic mass is 10.0. The molecule has 3 rings (SSSR count). The minimum Gasteiger partial charge on any atom is -0.345 e. The minimum absolute atomic E-state index is 0.176. The minimum atomic E-state index is -0.624. The molecular weight excluding hydrogens is 356 g/mol. The normalized spacial score (nSPS) is 11.8. The van der Waals surface area contributed by atoms with Crippen LogP contribution in [-0.4, -0.2) is 17.0 Å². The highest BCUT2D eigenvalue weighted by molar-refractivity contribution is 7.16. The Balaban J connectivity index is 1.72. The predicted molar refractivity (Wildman–Crippen MR) is 99.2 cm³/mol. The van der Waals surface area contributed by atoms with Gasteiger partial charge in [-0.1, -0.05) is 24.3 Å². The predicted octanol–water partition coefficient (Wildman–Crippen LogP) is 4.09. The molecule has 128 valence electrons. The number of hydroxylamine groups is 1. The van der Waals surface area contributed by atoms with E-state index in [0.29, 0.717) is 4.88 Å². The lowest BCUT2D eigenvalue weighted by molar-refractivity contribution is 0.0711. The molecule has 2 aromatic heterocycles. The van der Waals surface area contributed by atoms with Crippen LogP contribution in [0, 0.1) is 0 Å². The van der Waals surface area contributed by atoms with E-state index in [1.807, 2.05) is 36.6 Å². The zero-order valence-corrected chi connectivity index (χ0v) is 15.0. The van der Waals surface area contributed by atoms with Crippen molar-refractivity contribution in [3.05, 3.63) is 69.2 Å². The van der Waals surface area contributed by atoms with Crippen molar-refractivity contribution in [3.63, 3.8) is 0 Å². The molecule has 3 aromatic rings. The summed E-state index contributed by atoms with van der Waals surface area (Å²) in [7, 11) is 0. The van der Waals surface area contributed by atoms with E-state index in [-0.39, 0.29) is 16.8 Å². The van der Waals surface area contributed by atoms with Crippen molar-refractivity contribution in [1.82, 2.24) is 10.8 Å². The number of hydrogen-bond donors (Lipinski definition) is 3. The Morgan fingerprint density at radius 1 is 1.04 bits per heavy atom. The molecule has 0 aliphatic heterocycles. The first-order chi connectivity index (χ1) is 12.1. The van der Waals surface area contributed by atoms with Gasteiger partial charge in [-0.3, -0.25) is 14.8 Å². The molecule has 0 fully saturated rings. The zero-order valence-electron chi connectivity index (χ0n) is 13.4. The fourth-order valence-electron chi connectivity index (χ4n) is 2.39. The molecular formula is C18H16N2O3S2. The Labute approximate surface area is 152 Å². The van der Waals surface area contributed by atoms with E-state index in [1.165, 1.54) is 10.9 Å². The highest BCUT2D eigenvalue weighted by Crippen LogP contribution is 2.27. The van der Waals surface area contributed by atoms with Crippen LogP contribution in [0.15, 0.2) is 53.9 Å². The summed E-state index contributed by atoms with van der Waals surface area (Å²) in [6, 6.07) is 15.0. The summed E-state index contributed by atoms with van der Waals surface area (Å²) >= 11 is 2.70. The van der Waals surface area contributed by atoms with Crippen molar-refractivity contribution < 1.29 is 14.8 Å². The van der Waals surface area contributed by atoms with Crippen LogP contribution in [0.3, 0.4) is 0 Å². The summed E-state index contributed by atoms with van der Waals surface area (Å²) in [5, 5.41) is 13.6. The topological polar surface area (TPSA) is 78.4 Å². The third-order valence-corrected chi connectivity index (χ3v) is 5.70. The summed E-state index contributed by atoms with van der Waals surface area (Å²) in [6.07, 6.45) is 0. The summed E-state index contributed by atoms with van der Waals surface area (Å²) in [6.45, 7) is 1.92. The highest BCUT2D eigenvalue weighted by atomic mass is 32.1. The van der Waals surface area contributed by atoms with Crippen LogP contribution in [0.4, 0.5) is 0 Å². The van der Waals surface area contributed by atoms with Gasteiger partial charge in [-0.15, -0.1) is 22.7 Å². The number of amides is 2. The first-order valence-electron chi connectivity index (χ1n) is 7.57. The number of benzene rings is 1. The largest absolute Gasteiger partial charge is 0.345 e. The quantitative estimate of drug-likeness (QED) is 0.466. The van der Waals surface area contributed by atoms with E-state index in [0.717, 1.165) is 22.5 Å². The molecule has 0 radical (unpaired) electrons. The van der Waals surface area contributed by atoms with Crippen LogP contribution in [0.1, 0.15) is 37.9 Å². The van der Waals surface area contributed by atoms with Crippen LogP contribution in [0.2, 0.25) is 0 Å². The van der Waals surface area contributed by atoms with E-state index in [9.17, 15) is 9.59 Å². The second kappa shape index (κ2) is 7.60. The molecule has 5 nitrogen and oxygen atoms in total. The van der Waals surface area contributed by atoms with Crippen LogP contribution in [-0.2, 0) is 0 Å². The van der Waals surface area contributed by atoms with Gasteiger partial charge in [0.15, 0.2) is 0 Å². The molecule has 0 saturated carbocycles. The molecule has 0 aliphatic rings. The van der Waals surface area contributed by atoms with Crippen LogP contribution < -0.4 is 10.8 Å². The Hall–Kier alpha value is -2.48. The van der Waals surface area contributed by atoms with E-state index < -0.39 is 5.91 Å². The van der Waals surface area contributed by atoms with E-state index in [2.05, 4.69) is 17.4 Å². The van der Waals surface area contributed by atoms with Gasteiger partial charge in [0, 0.05) is 4.88 Å². The smallest absolute Gasteiger partial charge is 0.284 e. The van der Waals surface area contributed by atoms with E-state index >= 15 is 0 Å². The van der Waals surface area contributed by atoms with Crippen molar-refractivity contribution in [2.75, 3.05) is 0 Å². The van der Waals surface area contributed by atoms with E-state index in [4.69, 9.17) is 5.21 Å². The maximum absolute atomic E-state index is 12.4. The first-order valence-corrected chi connectivity index (χ1v) is 9.27. The molecule has 0 aliphatic carbocycles. The summed E-state index contributed by atoms with van der Waals surface area (Å²) < 4.78 is 0. The van der Waals surface area contributed by atoms with Gasteiger partial charge in [0.1, 0.15) is 0 Å². The molecule has 2 heterocycles. The molecule has 0 spiro atoms. The second-order valence-corrected chi connectivity index (χ2v) is 7.43. The molecule has 25 heavy (non-hydrogen) atoms. The van der Waals surface area contributed by atoms with Crippen molar-refractivity contribution in [3.8, 4) is 10.4 Å². The standard InChI is InChI=1S/C18H16N2O3S2/c1-11(12-4-2-5-13(10-12)14-6-3-9-24-14)19-17(21)15-7-8-16(25-15)18(22)20-23/h2-11,23H,1H3,(H,19,21)(H,20,22). The SMILES string of the molecule is CC(NC(=O)c1ccc(C(=O)NO)s1)c1cccc(-c2cccs2)c1. The molecule has 1 atom stereocenters. The third-order valence-electron chi connectivity index (χ3n) is 3.70. The molecule has 0 bridgehead atoms. The van der Waals surface area contributed by atoms with Crippen LogP contribution >= 0.6 is 22.7 Å². The molecule has 2 amide bonds. The fraction of sp³-hybridized carbons (Fsp3) is 0.111. The van der Waals surface area contributed by atoms with Gasteiger partial charge in [0.05, 0.1) is 15.8 Å². The van der Waals surface area contributed by atoms with Crippen molar-refractivity contribution >= 4 is 34.5 Å². The zero-order chi connectivity index (χ0) is 17.8. The van der Waals surface area contributed by atoms with Gasteiger partial charge in [-0.25, -0.2) is 5.48 Å². The number of rotatable bonds is 5. The number of thiophene rings is 2. The van der Waals surface area contributed by atoms with Gasteiger partial charge in [-0.05, 0) is 47.7 Å². The molecule has 1 aromatic carbocycles. The van der Waals surface area contributed by atoms with Crippen molar-refractivity contribution in [2.24, 2.45) is 0 Å². The maximum Gasteiger partial charge on any atom is 0.284 e. The molecule has 3 N–H and O–H groups in total. The Morgan fingerprint density at radius 2 is 1.80 bits per heavy atom. The average molecular weight is 372 g/mol. The monoisotopic (exact) mass is 372 g/mol. The molecule has 7 heteroatoms. The number of carbonyl (C=O) groups excluding carboxylic acids is 2. The van der Waals surface area contributed by atoms with Gasteiger partial charge in [0.25, 0.3) is 11.8 Å². The summed E-state index contributed by atoms with van der Waals surface area (Å²) in [5.74, 6) is -0.878. The maximum atomic E-state index is 12.4. The van der Waals surface area contributed by atoms with Gasteiger partial charge in [-0.2, -0.15) is 0 Å². The summed E-state index contributed by atoms with van der Waals surface area (Å²) in [5.41, 5.74) is 3.68. The number of nitrogens with one attached hydrogen (secondary N) is 2. The van der Waals surface area contributed by atoms with Gasteiger partial charge < -0.3 is 5.32 Å². The van der Waals surface area contributed by atoms with Gasteiger partial charge in [0.2, 0.25) is 0 Å². The fourth-order valence-corrected chi connectivity index (χ4v) is 3.92. The van der Waals surface area contributed by atoms with Crippen LogP contribution in [0.25, 0.3) is 10.4 Å².